The number of amides is 1. The molecule has 1 amide bonds. The van der Waals surface area contributed by atoms with Crippen LogP contribution < -0.4 is 23.9 Å². The molecule has 0 aromatic heterocycles. The molecule has 0 saturated heterocycles. The third-order valence-corrected chi connectivity index (χ3v) is 6.40. The standard InChI is InChI=1S/C26H28ClN3O6S/c1-4-35-25-14-20(10-13-24(25)36-18-19-8-11-21(27)12-9-19)16-28-29-26(31)17-30(37(3,32)33)22-6-5-7-23(15-22)34-2/h5-16H,4,17-18H2,1-3H3,(H,29,31)/b28-16-. The Morgan fingerprint density at radius 2 is 1.81 bits per heavy atom. The lowest BCUT2D eigenvalue weighted by Crippen LogP contribution is -2.39. The van der Waals surface area contributed by atoms with Crippen molar-refractivity contribution in [1.82, 2.24) is 5.43 Å². The minimum Gasteiger partial charge on any atom is -0.497 e. The van der Waals surface area contributed by atoms with Crippen LogP contribution in [0.15, 0.2) is 71.8 Å². The van der Waals surface area contributed by atoms with Gasteiger partial charge in [0.05, 0.1) is 31.9 Å². The van der Waals surface area contributed by atoms with Gasteiger partial charge in [0.15, 0.2) is 11.5 Å². The first-order chi connectivity index (χ1) is 17.7. The Balaban J connectivity index is 1.65. The van der Waals surface area contributed by atoms with Crippen LogP contribution in [0, 0.1) is 0 Å². The van der Waals surface area contributed by atoms with E-state index in [1.54, 1.807) is 48.5 Å². The van der Waals surface area contributed by atoms with Gasteiger partial charge in [-0.25, -0.2) is 13.8 Å². The maximum Gasteiger partial charge on any atom is 0.260 e. The normalized spacial score (nSPS) is 11.2. The molecule has 37 heavy (non-hydrogen) atoms. The van der Waals surface area contributed by atoms with Crippen LogP contribution in [-0.4, -0.2) is 47.1 Å². The number of sulfonamides is 1. The summed E-state index contributed by atoms with van der Waals surface area (Å²) < 4.78 is 42.3. The molecule has 1 N–H and O–H groups in total. The average Bonchev–Trinajstić information content (AvgIpc) is 2.87. The Hall–Kier alpha value is -3.76. The van der Waals surface area contributed by atoms with Gasteiger partial charge in [0.25, 0.3) is 5.91 Å². The van der Waals surface area contributed by atoms with E-state index in [1.807, 2.05) is 19.1 Å². The number of carbonyl (C=O) groups excluding carboxylic acids is 1. The number of benzene rings is 3. The fourth-order valence-electron chi connectivity index (χ4n) is 3.24. The highest BCUT2D eigenvalue weighted by Crippen LogP contribution is 2.29. The summed E-state index contributed by atoms with van der Waals surface area (Å²) in [5.41, 5.74) is 4.27. The van der Waals surface area contributed by atoms with Gasteiger partial charge in [-0.1, -0.05) is 29.8 Å². The first-order valence-corrected chi connectivity index (χ1v) is 13.5. The molecule has 0 bridgehead atoms. The second-order valence-corrected chi connectivity index (χ2v) is 10.2. The van der Waals surface area contributed by atoms with Crippen molar-refractivity contribution in [3.63, 3.8) is 0 Å². The van der Waals surface area contributed by atoms with Crippen LogP contribution in [-0.2, 0) is 21.4 Å². The summed E-state index contributed by atoms with van der Waals surface area (Å²) in [6.07, 6.45) is 2.45. The Kier molecular flexibility index (Phi) is 9.76. The zero-order valence-corrected chi connectivity index (χ0v) is 22.3. The molecule has 0 aliphatic rings. The number of halogens is 1. The number of carbonyl (C=O) groups is 1. The molecular weight excluding hydrogens is 518 g/mol. The molecular formula is C26H28ClN3O6S. The molecule has 0 aliphatic heterocycles. The first-order valence-electron chi connectivity index (χ1n) is 11.3. The molecule has 0 unspecified atom stereocenters. The zero-order chi connectivity index (χ0) is 26.8. The van der Waals surface area contributed by atoms with Crippen LogP contribution in [0.1, 0.15) is 18.1 Å². The van der Waals surface area contributed by atoms with Gasteiger partial charge in [0.1, 0.15) is 18.9 Å². The van der Waals surface area contributed by atoms with Crippen molar-refractivity contribution in [2.24, 2.45) is 5.10 Å². The molecule has 0 aliphatic carbocycles. The zero-order valence-electron chi connectivity index (χ0n) is 20.7. The van der Waals surface area contributed by atoms with E-state index in [-0.39, 0.29) is 0 Å². The lowest BCUT2D eigenvalue weighted by atomic mass is 10.2. The molecule has 0 heterocycles. The highest BCUT2D eigenvalue weighted by molar-refractivity contribution is 7.92. The van der Waals surface area contributed by atoms with E-state index in [2.05, 4.69) is 10.5 Å². The number of rotatable bonds is 12. The van der Waals surface area contributed by atoms with Crippen molar-refractivity contribution in [2.75, 3.05) is 30.8 Å². The van der Waals surface area contributed by atoms with Gasteiger partial charge in [-0.15, -0.1) is 0 Å². The van der Waals surface area contributed by atoms with Crippen LogP contribution in [0.5, 0.6) is 17.2 Å². The smallest absolute Gasteiger partial charge is 0.260 e. The van der Waals surface area contributed by atoms with E-state index >= 15 is 0 Å². The van der Waals surface area contributed by atoms with E-state index in [1.165, 1.54) is 19.4 Å². The number of hydrogen-bond donors (Lipinski definition) is 1. The summed E-state index contributed by atoms with van der Waals surface area (Å²) in [6.45, 7) is 2.18. The van der Waals surface area contributed by atoms with Crippen LogP contribution in [0.4, 0.5) is 5.69 Å². The van der Waals surface area contributed by atoms with Crippen LogP contribution in [0.2, 0.25) is 5.02 Å². The minimum atomic E-state index is -3.73. The van der Waals surface area contributed by atoms with Gasteiger partial charge in [0.2, 0.25) is 10.0 Å². The monoisotopic (exact) mass is 545 g/mol. The van der Waals surface area contributed by atoms with Crippen molar-refractivity contribution in [3.05, 3.63) is 82.9 Å². The second-order valence-electron chi connectivity index (χ2n) is 7.82. The summed E-state index contributed by atoms with van der Waals surface area (Å²) >= 11 is 5.92. The number of nitrogens with one attached hydrogen (secondary N) is 1. The quantitative estimate of drug-likeness (QED) is 0.269. The van der Waals surface area contributed by atoms with Gasteiger partial charge < -0.3 is 14.2 Å². The summed E-state index contributed by atoms with van der Waals surface area (Å²) in [5.74, 6) is 0.931. The van der Waals surface area contributed by atoms with Crippen molar-refractivity contribution >= 4 is 39.4 Å². The highest BCUT2D eigenvalue weighted by atomic mass is 35.5. The second kappa shape index (κ2) is 13.0. The fraction of sp³-hybridized carbons (Fsp3) is 0.231. The Morgan fingerprint density at radius 3 is 2.49 bits per heavy atom. The predicted octanol–water partition coefficient (Wildman–Crippen LogP) is 4.24. The van der Waals surface area contributed by atoms with Gasteiger partial charge in [0, 0.05) is 11.1 Å². The van der Waals surface area contributed by atoms with Crippen LogP contribution >= 0.6 is 11.6 Å². The molecule has 0 radical (unpaired) electrons. The van der Waals surface area contributed by atoms with E-state index in [0.717, 1.165) is 16.1 Å². The largest absolute Gasteiger partial charge is 0.497 e. The molecule has 3 aromatic carbocycles. The molecule has 0 atom stereocenters. The number of methoxy groups -OCH3 is 1. The highest BCUT2D eigenvalue weighted by Gasteiger charge is 2.21. The Bertz CT molecular complexity index is 1350. The van der Waals surface area contributed by atoms with E-state index in [4.69, 9.17) is 25.8 Å². The Morgan fingerprint density at radius 1 is 1.05 bits per heavy atom. The van der Waals surface area contributed by atoms with Crippen molar-refractivity contribution in [3.8, 4) is 17.2 Å². The first kappa shape index (κ1) is 27.8. The molecule has 196 valence electrons. The van der Waals surface area contributed by atoms with Crippen molar-refractivity contribution < 1.29 is 27.4 Å². The van der Waals surface area contributed by atoms with Gasteiger partial charge in [-0.05, 0) is 60.5 Å². The van der Waals surface area contributed by atoms with Gasteiger partial charge in [-0.3, -0.25) is 9.10 Å². The average molecular weight is 546 g/mol. The van der Waals surface area contributed by atoms with E-state index in [0.29, 0.717) is 46.7 Å². The molecule has 11 heteroatoms. The van der Waals surface area contributed by atoms with Crippen LogP contribution in [0.25, 0.3) is 0 Å². The van der Waals surface area contributed by atoms with Gasteiger partial charge in [-0.2, -0.15) is 5.10 Å². The molecule has 9 nitrogen and oxygen atoms in total. The van der Waals surface area contributed by atoms with Crippen molar-refractivity contribution in [1.29, 1.82) is 0 Å². The van der Waals surface area contributed by atoms with Crippen LogP contribution in [0.3, 0.4) is 0 Å². The Labute approximate surface area is 221 Å². The van der Waals surface area contributed by atoms with Gasteiger partial charge >= 0.3 is 0 Å². The maximum absolute atomic E-state index is 12.5. The lowest BCUT2D eigenvalue weighted by molar-refractivity contribution is -0.119. The van der Waals surface area contributed by atoms with E-state index < -0.39 is 22.5 Å². The third-order valence-electron chi connectivity index (χ3n) is 5.01. The topological polar surface area (TPSA) is 107 Å². The number of hydrogen-bond acceptors (Lipinski definition) is 7. The molecule has 0 saturated carbocycles. The fourth-order valence-corrected chi connectivity index (χ4v) is 4.22. The third kappa shape index (κ3) is 8.40. The maximum atomic E-state index is 12.5. The summed E-state index contributed by atoms with van der Waals surface area (Å²) in [4.78, 5) is 12.5. The summed E-state index contributed by atoms with van der Waals surface area (Å²) in [5, 5.41) is 4.61. The predicted molar refractivity (Wildman–Crippen MR) is 144 cm³/mol. The molecule has 0 fully saturated rings. The summed E-state index contributed by atoms with van der Waals surface area (Å²) in [6, 6.07) is 19.0. The number of hydrazone groups is 1. The molecule has 3 rings (SSSR count). The van der Waals surface area contributed by atoms with E-state index in [9.17, 15) is 13.2 Å². The summed E-state index contributed by atoms with van der Waals surface area (Å²) in [7, 11) is -2.26. The number of nitrogens with zero attached hydrogens (tertiary/aromatic N) is 2. The number of anilines is 1. The molecule has 0 spiro atoms. The minimum absolute atomic E-state index is 0.302. The van der Waals surface area contributed by atoms with Crippen molar-refractivity contribution in [2.45, 2.75) is 13.5 Å². The lowest BCUT2D eigenvalue weighted by Gasteiger charge is -2.21. The SMILES string of the molecule is CCOc1cc(/C=N\NC(=O)CN(c2cccc(OC)c2)S(C)(=O)=O)ccc1OCc1ccc(Cl)cc1. The molecule has 3 aromatic rings. The number of ether oxygens (including phenoxy) is 3.